The Balaban J connectivity index is 2.47. The number of hydrogen-bond donors (Lipinski definition) is 2. The van der Waals surface area contributed by atoms with Crippen molar-refractivity contribution in [2.24, 2.45) is 5.92 Å². The summed E-state index contributed by atoms with van der Waals surface area (Å²) in [7, 11) is 0. The fourth-order valence-corrected chi connectivity index (χ4v) is 1.38. The average Bonchev–Trinajstić information content (AvgIpc) is 1.88. The van der Waals surface area contributed by atoms with Gasteiger partial charge in [0.1, 0.15) is 6.04 Å². The standard InChI is InChI=1S/C7H13NO2/c1-5-3-2-4-8-6(5)7(9)10/h5-6,8H,2-4H2,1H3,(H,9,10)/t5-,6+/m1/s1. The van der Waals surface area contributed by atoms with E-state index in [9.17, 15) is 4.79 Å². The van der Waals surface area contributed by atoms with Gasteiger partial charge in [0.05, 0.1) is 0 Å². The molecule has 3 nitrogen and oxygen atoms in total. The lowest BCUT2D eigenvalue weighted by atomic mass is 9.93. The molecule has 0 bridgehead atoms. The van der Waals surface area contributed by atoms with Gasteiger partial charge in [0, 0.05) is 0 Å². The van der Waals surface area contributed by atoms with E-state index >= 15 is 0 Å². The number of piperidine rings is 1. The summed E-state index contributed by atoms with van der Waals surface area (Å²) in [6.07, 6.45) is 2.13. The lowest BCUT2D eigenvalue weighted by molar-refractivity contribution is -0.141. The van der Waals surface area contributed by atoms with Crippen LogP contribution in [0, 0.1) is 5.92 Å². The van der Waals surface area contributed by atoms with Gasteiger partial charge in [-0.05, 0) is 25.3 Å². The number of carbonyl (C=O) groups is 1. The third-order valence-corrected chi connectivity index (χ3v) is 2.04. The van der Waals surface area contributed by atoms with E-state index in [2.05, 4.69) is 5.32 Å². The summed E-state index contributed by atoms with van der Waals surface area (Å²) in [5.41, 5.74) is 0. The van der Waals surface area contributed by atoms with E-state index in [4.69, 9.17) is 5.11 Å². The Morgan fingerprint density at radius 3 is 2.80 bits per heavy atom. The molecule has 0 saturated carbocycles. The number of aliphatic carboxylic acids is 1. The van der Waals surface area contributed by atoms with Crippen molar-refractivity contribution in [2.75, 3.05) is 6.54 Å². The average molecular weight is 143 g/mol. The Bertz CT molecular complexity index is 136. The summed E-state index contributed by atoms with van der Waals surface area (Å²) >= 11 is 0. The van der Waals surface area contributed by atoms with Gasteiger partial charge in [0.2, 0.25) is 0 Å². The Morgan fingerprint density at radius 1 is 1.70 bits per heavy atom. The van der Waals surface area contributed by atoms with Gasteiger partial charge in [-0.15, -0.1) is 0 Å². The van der Waals surface area contributed by atoms with Crippen molar-refractivity contribution in [3.8, 4) is 0 Å². The molecule has 1 fully saturated rings. The molecule has 58 valence electrons. The van der Waals surface area contributed by atoms with E-state index in [1.165, 1.54) is 0 Å². The van der Waals surface area contributed by atoms with Gasteiger partial charge in [-0.25, -0.2) is 0 Å². The minimum absolute atomic E-state index is 0.284. The maximum atomic E-state index is 10.5. The molecular formula is C7H13NO2. The van der Waals surface area contributed by atoms with Gasteiger partial charge in [0.15, 0.2) is 0 Å². The highest BCUT2D eigenvalue weighted by Gasteiger charge is 2.26. The normalized spacial score (nSPS) is 33.7. The van der Waals surface area contributed by atoms with Gasteiger partial charge >= 0.3 is 5.97 Å². The molecule has 0 amide bonds. The van der Waals surface area contributed by atoms with Gasteiger partial charge in [-0.2, -0.15) is 0 Å². The second-order valence-corrected chi connectivity index (χ2v) is 2.89. The van der Waals surface area contributed by atoms with Crippen LogP contribution in [-0.4, -0.2) is 23.7 Å². The zero-order valence-corrected chi connectivity index (χ0v) is 6.13. The van der Waals surface area contributed by atoms with Crippen LogP contribution >= 0.6 is 0 Å². The predicted octanol–water partition coefficient (Wildman–Crippen LogP) is 0.459. The Morgan fingerprint density at radius 2 is 2.40 bits per heavy atom. The summed E-state index contributed by atoms with van der Waals surface area (Å²) < 4.78 is 0. The van der Waals surface area contributed by atoms with Crippen LogP contribution in [0.2, 0.25) is 0 Å². The number of carboxylic acid groups (broad SMARTS) is 1. The lowest BCUT2D eigenvalue weighted by Gasteiger charge is -2.26. The van der Waals surface area contributed by atoms with E-state index in [0.717, 1.165) is 19.4 Å². The number of nitrogens with one attached hydrogen (secondary N) is 1. The molecule has 0 spiro atoms. The van der Waals surface area contributed by atoms with Crippen molar-refractivity contribution in [1.82, 2.24) is 5.32 Å². The summed E-state index contributed by atoms with van der Waals surface area (Å²) in [5.74, 6) is -0.432. The van der Waals surface area contributed by atoms with Gasteiger partial charge in [0.25, 0.3) is 0 Å². The fraction of sp³-hybridized carbons (Fsp3) is 0.857. The highest BCUT2D eigenvalue weighted by Crippen LogP contribution is 2.14. The van der Waals surface area contributed by atoms with Crippen molar-refractivity contribution in [2.45, 2.75) is 25.8 Å². The first-order valence-electron chi connectivity index (χ1n) is 3.68. The third-order valence-electron chi connectivity index (χ3n) is 2.04. The number of hydrogen-bond acceptors (Lipinski definition) is 2. The molecule has 2 atom stereocenters. The number of rotatable bonds is 1. The van der Waals surface area contributed by atoms with Gasteiger partial charge < -0.3 is 10.4 Å². The first kappa shape index (κ1) is 7.54. The second kappa shape index (κ2) is 3.01. The molecule has 0 aromatic rings. The number of carboxylic acids is 1. The van der Waals surface area contributed by atoms with Crippen molar-refractivity contribution >= 4 is 5.97 Å². The molecule has 1 heterocycles. The highest BCUT2D eigenvalue weighted by molar-refractivity contribution is 5.73. The minimum Gasteiger partial charge on any atom is -0.480 e. The van der Waals surface area contributed by atoms with E-state index in [-0.39, 0.29) is 12.0 Å². The van der Waals surface area contributed by atoms with E-state index in [1.54, 1.807) is 0 Å². The van der Waals surface area contributed by atoms with Gasteiger partial charge in [-0.1, -0.05) is 6.92 Å². The van der Waals surface area contributed by atoms with Crippen LogP contribution in [0.25, 0.3) is 0 Å². The third kappa shape index (κ3) is 1.48. The van der Waals surface area contributed by atoms with Gasteiger partial charge in [-0.3, -0.25) is 4.79 Å². The highest BCUT2D eigenvalue weighted by atomic mass is 16.4. The van der Waals surface area contributed by atoms with Crippen molar-refractivity contribution in [3.05, 3.63) is 0 Å². The minimum atomic E-state index is -0.716. The molecule has 1 aliphatic heterocycles. The molecular weight excluding hydrogens is 130 g/mol. The molecule has 0 aromatic carbocycles. The Labute approximate surface area is 60.4 Å². The topological polar surface area (TPSA) is 49.3 Å². The maximum Gasteiger partial charge on any atom is 0.320 e. The molecule has 10 heavy (non-hydrogen) atoms. The quantitative estimate of drug-likeness (QED) is 0.560. The van der Waals surface area contributed by atoms with Crippen LogP contribution in [0.15, 0.2) is 0 Å². The summed E-state index contributed by atoms with van der Waals surface area (Å²) in [6.45, 7) is 2.83. The lowest BCUT2D eigenvalue weighted by Crippen LogP contribution is -2.45. The zero-order valence-electron chi connectivity index (χ0n) is 6.13. The molecule has 1 aliphatic rings. The Kier molecular flexibility index (Phi) is 2.27. The van der Waals surface area contributed by atoms with Crippen molar-refractivity contribution < 1.29 is 9.90 Å². The van der Waals surface area contributed by atoms with Crippen LogP contribution in [0.4, 0.5) is 0 Å². The van der Waals surface area contributed by atoms with Crippen molar-refractivity contribution in [1.29, 1.82) is 0 Å². The van der Waals surface area contributed by atoms with Crippen LogP contribution in [0.1, 0.15) is 19.8 Å². The fourth-order valence-electron chi connectivity index (χ4n) is 1.38. The predicted molar refractivity (Wildman–Crippen MR) is 37.8 cm³/mol. The maximum absolute atomic E-state index is 10.5. The van der Waals surface area contributed by atoms with Crippen LogP contribution in [-0.2, 0) is 4.79 Å². The zero-order chi connectivity index (χ0) is 7.56. The summed E-state index contributed by atoms with van der Waals surface area (Å²) in [6, 6.07) is -0.311. The van der Waals surface area contributed by atoms with Crippen molar-refractivity contribution in [3.63, 3.8) is 0 Å². The first-order valence-corrected chi connectivity index (χ1v) is 3.68. The summed E-state index contributed by atoms with van der Waals surface area (Å²) in [4.78, 5) is 10.5. The second-order valence-electron chi connectivity index (χ2n) is 2.89. The summed E-state index contributed by atoms with van der Waals surface area (Å²) in [5, 5.41) is 11.6. The Hall–Kier alpha value is -0.570. The SMILES string of the molecule is C[C@@H]1CCCN[C@@H]1C(=O)O. The largest absolute Gasteiger partial charge is 0.480 e. The van der Waals surface area contributed by atoms with Crippen LogP contribution < -0.4 is 5.32 Å². The molecule has 1 saturated heterocycles. The molecule has 2 N–H and O–H groups in total. The molecule has 0 unspecified atom stereocenters. The first-order chi connectivity index (χ1) is 4.72. The van der Waals surface area contributed by atoms with Crippen LogP contribution in [0.3, 0.4) is 0 Å². The molecule has 1 rings (SSSR count). The van der Waals surface area contributed by atoms with Crippen LogP contribution in [0.5, 0.6) is 0 Å². The monoisotopic (exact) mass is 143 g/mol. The molecule has 3 heteroatoms. The van der Waals surface area contributed by atoms with E-state index < -0.39 is 5.97 Å². The smallest absolute Gasteiger partial charge is 0.320 e. The molecule has 0 aliphatic carbocycles. The molecule has 0 aromatic heterocycles. The van der Waals surface area contributed by atoms with E-state index in [1.807, 2.05) is 6.92 Å². The van der Waals surface area contributed by atoms with E-state index in [0.29, 0.717) is 0 Å². The molecule has 0 radical (unpaired) electrons.